The van der Waals surface area contributed by atoms with Crippen molar-refractivity contribution in [1.29, 1.82) is 0 Å². The van der Waals surface area contributed by atoms with E-state index in [4.69, 9.17) is 9.47 Å². The van der Waals surface area contributed by atoms with Gasteiger partial charge in [0.15, 0.2) is 11.5 Å². The summed E-state index contributed by atoms with van der Waals surface area (Å²) in [4.78, 5) is 27.2. The predicted molar refractivity (Wildman–Crippen MR) is 162 cm³/mol. The fourth-order valence-corrected chi connectivity index (χ4v) is 5.55. The second kappa shape index (κ2) is 11.9. The lowest BCUT2D eigenvalue weighted by Gasteiger charge is -2.26. The van der Waals surface area contributed by atoms with Crippen LogP contribution in [0.25, 0.3) is 5.69 Å². The maximum Gasteiger partial charge on any atom is 0.586 e. The molecule has 0 fully saturated rings. The number of halogens is 4. The molecule has 1 atom stereocenters. The Morgan fingerprint density at radius 1 is 1.00 bits per heavy atom. The van der Waals surface area contributed by atoms with Crippen LogP contribution in [-0.4, -0.2) is 40.6 Å². The van der Waals surface area contributed by atoms with Crippen LogP contribution in [-0.2, 0) is 11.2 Å². The van der Waals surface area contributed by atoms with Crippen molar-refractivity contribution in [3.8, 4) is 22.9 Å². The van der Waals surface area contributed by atoms with Crippen molar-refractivity contribution in [3.05, 3.63) is 94.8 Å². The maximum absolute atomic E-state index is 14.2. The zero-order chi connectivity index (χ0) is 33.7. The average molecular weight is 654 g/mol. The number of amides is 1. The minimum Gasteiger partial charge on any atom is -0.484 e. The van der Waals surface area contributed by atoms with Crippen molar-refractivity contribution in [1.82, 2.24) is 9.78 Å². The smallest absolute Gasteiger partial charge is 0.484 e. The third-order valence-electron chi connectivity index (χ3n) is 7.64. The van der Waals surface area contributed by atoms with Crippen LogP contribution in [0.15, 0.2) is 66.7 Å². The summed E-state index contributed by atoms with van der Waals surface area (Å²) < 4.78 is 77.5. The lowest BCUT2D eigenvalue weighted by molar-refractivity contribution is -0.286. The molecule has 1 aliphatic heterocycles. The van der Waals surface area contributed by atoms with Gasteiger partial charge < -0.3 is 23.8 Å². The number of hydrogen-bond donors (Lipinski definition) is 0. The normalized spacial score (nSPS) is 16.5. The van der Waals surface area contributed by atoms with Gasteiger partial charge >= 0.3 is 12.3 Å². The van der Waals surface area contributed by atoms with Crippen molar-refractivity contribution < 1.29 is 46.1 Å². The topological polar surface area (TPSA) is 92.1 Å². The van der Waals surface area contributed by atoms with E-state index in [1.54, 1.807) is 63.2 Å². The summed E-state index contributed by atoms with van der Waals surface area (Å²) in [7, 11) is 1.47. The monoisotopic (exact) mass is 653 g/mol. The highest BCUT2D eigenvalue weighted by Gasteiger charge is 2.43. The second-order valence-electron chi connectivity index (χ2n) is 12.2. The molecule has 9 nitrogen and oxygen atoms in total. The van der Waals surface area contributed by atoms with Gasteiger partial charge in [-0.1, -0.05) is 6.07 Å². The summed E-state index contributed by atoms with van der Waals surface area (Å²) in [6.07, 6.45) is -5.82. The molecule has 0 saturated heterocycles. The molecular weight excluding hydrogens is 622 g/mol. The fraction of sp³-hybridized carbons (Fsp3) is 0.324. The number of aromatic nitrogens is 2. The van der Waals surface area contributed by atoms with Crippen LogP contribution in [0.4, 0.5) is 23.2 Å². The van der Waals surface area contributed by atoms with Crippen LogP contribution >= 0.6 is 0 Å². The number of ether oxygens (including phenoxy) is 4. The number of alkyl halides is 4. The van der Waals surface area contributed by atoms with E-state index in [1.165, 1.54) is 40.9 Å². The van der Waals surface area contributed by atoms with Crippen LogP contribution < -0.4 is 19.1 Å². The van der Waals surface area contributed by atoms with Gasteiger partial charge in [0, 0.05) is 29.9 Å². The summed E-state index contributed by atoms with van der Waals surface area (Å²) in [5, 5.41) is 4.28. The Morgan fingerprint density at radius 3 is 2.43 bits per heavy atom. The summed E-state index contributed by atoms with van der Waals surface area (Å²) >= 11 is 0. The van der Waals surface area contributed by atoms with Crippen molar-refractivity contribution in [3.63, 3.8) is 0 Å². The highest BCUT2D eigenvalue weighted by atomic mass is 19.3. The third kappa shape index (κ3) is 6.60. The van der Waals surface area contributed by atoms with E-state index in [9.17, 15) is 27.2 Å². The van der Waals surface area contributed by atoms with Gasteiger partial charge in [-0.15, -0.1) is 8.78 Å². The first kappa shape index (κ1) is 31.9. The van der Waals surface area contributed by atoms with Gasteiger partial charge in [0.2, 0.25) is 0 Å². The highest BCUT2D eigenvalue weighted by Crippen LogP contribution is 2.43. The molecule has 1 aromatic heterocycles. The van der Waals surface area contributed by atoms with E-state index in [-0.39, 0.29) is 28.4 Å². The Labute approximate surface area is 267 Å². The molecule has 1 unspecified atom stereocenters. The number of carbonyl (C=O) groups excluding carboxylic acids is 2. The minimum atomic E-state index is -3.80. The molecule has 3 aromatic carbocycles. The Morgan fingerprint density at radius 2 is 1.72 bits per heavy atom. The number of carbonyl (C=O) groups is 2. The first-order chi connectivity index (χ1) is 22.2. The molecule has 246 valence electrons. The molecule has 2 heterocycles. The van der Waals surface area contributed by atoms with E-state index in [1.807, 2.05) is 0 Å². The zero-order valence-electron chi connectivity index (χ0n) is 25.9. The van der Waals surface area contributed by atoms with Crippen molar-refractivity contribution in [2.75, 3.05) is 11.9 Å². The molecule has 47 heavy (non-hydrogen) atoms. The summed E-state index contributed by atoms with van der Waals surface area (Å²) in [5.74, 6) is -0.924. The number of benzene rings is 3. The highest BCUT2D eigenvalue weighted by molar-refractivity contribution is 6.06. The summed E-state index contributed by atoms with van der Waals surface area (Å²) in [5.41, 5.74) is 0.963. The summed E-state index contributed by atoms with van der Waals surface area (Å²) in [6, 6.07) is 16.7. The molecular formula is C34H31F4N3O6. The molecule has 1 amide bonds. The van der Waals surface area contributed by atoms with E-state index < -0.39 is 36.3 Å². The van der Waals surface area contributed by atoms with Crippen LogP contribution in [0.1, 0.15) is 83.8 Å². The van der Waals surface area contributed by atoms with Crippen molar-refractivity contribution in [2.24, 2.45) is 0 Å². The third-order valence-corrected chi connectivity index (χ3v) is 7.64. The number of anilines is 1. The van der Waals surface area contributed by atoms with Gasteiger partial charge in [-0.3, -0.25) is 4.79 Å². The number of fused-ring (bicyclic) bond motifs is 2. The largest absolute Gasteiger partial charge is 0.586 e. The summed E-state index contributed by atoms with van der Waals surface area (Å²) in [6.45, 7) is 5.32. The van der Waals surface area contributed by atoms with Crippen molar-refractivity contribution in [2.45, 2.75) is 64.5 Å². The van der Waals surface area contributed by atoms with Gasteiger partial charge in [-0.2, -0.15) is 5.10 Å². The Bertz CT molecular complexity index is 1830. The lowest BCUT2D eigenvalue weighted by atomic mass is 9.93. The molecule has 2 aliphatic rings. The van der Waals surface area contributed by atoms with Gasteiger partial charge in [0.25, 0.3) is 12.3 Å². The van der Waals surface area contributed by atoms with Gasteiger partial charge in [-0.25, -0.2) is 18.3 Å². The zero-order valence-corrected chi connectivity index (χ0v) is 25.9. The molecule has 4 aromatic rings. The SMILES string of the molecule is CN(C(=O)c1cccc(-n2nc(C(F)F)c3c2C(Oc2ccc(C(=O)OC(C)(C)C)cc2)CCC3)c1)c1ccc2c(c1)OC(F)(F)O2. The molecule has 0 radical (unpaired) electrons. The van der Waals surface area contributed by atoms with Crippen molar-refractivity contribution >= 4 is 17.6 Å². The van der Waals surface area contributed by atoms with E-state index >= 15 is 0 Å². The van der Waals surface area contributed by atoms with Gasteiger partial charge in [-0.05, 0) is 94.6 Å². The van der Waals surface area contributed by atoms with E-state index in [0.29, 0.717) is 47.5 Å². The standard InChI is InChI=1S/C34H31F4N3O6/c1-33(2,3)47-32(43)19-11-14-23(15-12-19)44-26-10-6-9-24-28(30(35)36)39-41(29(24)26)22-8-5-7-20(17-22)31(42)40(4)21-13-16-25-27(18-21)46-34(37,38)45-25/h5,7-8,11-18,26,30H,6,9-10H2,1-4H3. The van der Waals surface area contributed by atoms with Crippen LogP contribution in [0.2, 0.25) is 0 Å². The molecule has 0 bridgehead atoms. The average Bonchev–Trinajstić information content (AvgIpc) is 3.56. The van der Waals surface area contributed by atoms with E-state index in [0.717, 1.165) is 0 Å². The molecule has 6 rings (SSSR count). The second-order valence-corrected chi connectivity index (χ2v) is 12.2. The molecule has 1 aliphatic carbocycles. The molecule has 0 spiro atoms. The predicted octanol–water partition coefficient (Wildman–Crippen LogP) is 7.82. The first-order valence-corrected chi connectivity index (χ1v) is 14.9. The Kier molecular flexibility index (Phi) is 8.10. The maximum atomic E-state index is 14.2. The minimum absolute atomic E-state index is 0.157. The molecule has 13 heteroatoms. The van der Waals surface area contributed by atoms with Crippen LogP contribution in [0, 0.1) is 0 Å². The lowest BCUT2D eigenvalue weighted by Crippen LogP contribution is -2.26. The number of nitrogens with zero attached hydrogens (tertiary/aromatic N) is 3. The van der Waals surface area contributed by atoms with Gasteiger partial charge in [0.05, 0.1) is 16.9 Å². The molecule has 0 N–H and O–H groups in total. The molecule has 0 saturated carbocycles. The first-order valence-electron chi connectivity index (χ1n) is 14.9. The fourth-order valence-electron chi connectivity index (χ4n) is 5.55. The van der Waals surface area contributed by atoms with Crippen LogP contribution in [0.5, 0.6) is 17.2 Å². The van der Waals surface area contributed by atoms with Gasteiger partial charge in [0.1, 0.15) is 23.1 Å². The quantitative estimate of drug-likeness (QED) is 0.148. The Hall–Kier alpha value is -5.07. The Balaban J connectivity index is 1.28. The van der Waals surface area contributed by atoms with E-state index in [2.05, 4.69) is 14.6 Å². The number of hydrogen-bond acceptors (Lipinski definition) is 7. The number of esters is 1. The number of rotatable bonds is 7. The van der Waals surface area contributed by atoms with Crippen LogP contribution in [0.3, 0.4) is 0 Å².